The van der Waals surface area contributed by atoms with Crippen LogP contribution in [-0.4, -0.2) is 38.8 Å². The van der Waals surface area contributed by atoms with Crippen molar-refractivity contribution in [3.8, 4) is 0 Å². The minimum Gasteiger partial charge on any atom is -0.478 e. The molecule has 106 valence electrons. The number of carboxylic acid groups (broad SMARTS) is 1. The average Bonchev–Trinajstić information content (AvgIpc) is 2.43. The Kier molecular flexibility index (Phi) is 4.14. The SMILES string of the molecule is CC(C)[C@@H](CO)Nc1ncnc2cc(C(=O)O)ccc12. The molecular weight excluding hydrogens is 258 g/mol. The lowest BCUT2D eigenvalue weighted by atomic mass is 10.1. The number of benzene rings is 1. The van der Waals surface area contributed by atoms with E-state index in [1.54, 1.807) is 6.07 Å². The van der Waals surface area contributed by atoms with Crippen LogP contribution in [-0.2, 0) is 0 Å². The predicted octanol–water partition coefficient (Wildman–Crippen LogP) is 1.76. The fraction of sp³-hybridized carbons (Fsp3) is 0.357. The fourth-order valence-corrected chi connectivity index (χ4v) is 1.90. The Morgan fingerprint density at radius 3 is 2.70 bits per heavy atom. The molecule has 0 aliphatic heterocycles. The molecule has 0 spiro atoms. The van der Waals surface area contributed by atoms with Gasteiger partial charge in [0.25, 0.3) is 0 Å². The molecule has 0 aliphatic carbocycles. The number of aromatic carboxylic acids is 1. The zero-order chi connectivity index (χ0) is 14.7. The summed E-state index contributed by atoms with van der Waals surface area (Å²) in [6.07, 6.45) is 1.38. The van der Waals surface area contributed by atoms with E-state index >= 15 is 0 Å². The van der Waals surface area contributed by atoms with Crippen molar-refractivity contribution in [3.05, 3.63) is 30.1 Å². The molecule has 0 radical (unpaired) electrons. The molecule has 2 rings (SSSR count). The topological polar surface area (TPSA) is 95.3 Å². The van der Waals surface area contributed by atoms with E-state index < -0.39 is 5.97 Å². The van der Waals surface area contributed by atoms with Crippen LogP contribution in [0, 0.1) is 5.92 Å². The highest BCUT2D eigenvalue weighted by Crippen LogP contribution is 2.22. The van der Waals surface area contributed by atoms with Crippen LogP contribution in [0.4, 0.5) is 5.82 Å². The van der Waals surface area contributed by atoms with Gasteiger partial charge >= 0.3 is 5.97 Å². The first kappa shape index (κ1) is 14.2. The van der Waals surface area contributed by atoms with Crippen molar-refractivity contribution in [3.63, 3.8) is 0 Å². The number of nitrogens with zero attached hydrogens (tertiary/aromatic N) is 2. The molecule has 0 saturated carbocycles. The van der Waals surface area contributed by atoms with Gasteiger partial charge in [-0.25, -0.2) is 14.8 Å². The number of rotatable bonds is 5. The van der Waals surface area contributed by atoms with Gasteiger partial charge in [0.2, 0.25) is 0 Å². The van der Waals surface area contributed by atoms with E-state index in [4.69, 9.17) is 5.11 Å². The predicted molar refractivity (Wildman–Crippen MR) is 75.8 cm³/mol. The van der Waals surface area contributed by atoms with E-state index in [0.29, 0.717) is 11.3 Å². The maximum atomic E-state index is 11.0. The van der Waals surface area contributed by atoms with Gasteiger partial charge in [0.1, 0.15) is 12.1 Å². The van der Waals surface area contributed by atoms with Gasteiger partial charge < -0.3 is 15.5 Å². The maximum Gasteiger partial charge on any atom is 0.335 e. The van der Waals surface area contributed by atoms with E-state index in [9.17, 15) is 9.90 Å². The Balaban J connectivity index is 2.42. The van der Waals surface area contributed by atoms with Crippen molar-refractivity contribution < 1.29 is 15.0 Å². The van der Waals surface area contributed by atoms with Crippen LogP contribution in [0.2, 0.25) is 0 Å². The van der Waals surface area contributed by atoms with Gasteiger partial charge in [0.15, 0.2) is 0 Å². The normalized spacial score (nSPS) is 12.6. The summed E-state index contributed by atoms with van der Waals surface area (Å²) in [5.41, 5.74) is 0.743. The van der Waals surface area contributed by atoms with E-state index in [1.807, 2.05) is 13.8 Å². The van der Waals surface area contributed by atoms with Crippen molar-refractivity contribution in [2.75, 3.05) is 11.9 Å². The monoisotopic (exact) mass is 275 g/mol. The number of fused-ring (bicyclic) bond motifs is 1. The van der Waals surface area contributed by atoms with Gasteiger partial charge in [0, 0.05) is 5.39 Å². The van der Waals surface area contributed by atoms with Crippen molar-refractivity contribution in [1.29, 1.82) is 0 Å². The molecule has 6 heteroatoms. The summed E-state index contributed by atoms with van der Waals surface area (Å²) < 4.78 is 0. The third-order valence-electron chi connectivity index (χ3n) is 3.21. The van der Waals surface area contributed by atoms with Crippen LogP contribution < -0.4 is 5.32 Å². The Labute approximate surface area is 116 Å². The number of carbonyl (C=O) groups is 1. The molecule has 1 heterocycles. The highest BCUT2D eigenvalue weighted by Gasteiger charge is 2.15. The number of hydrogen-bond acceptors (Lipinski definition) is 5. The van der Waals surface area contributed by atoms with Crippen molar-refractivity contribution in [1.82, 2.24) is 9.97 Å². The van der Waals surface area contributed by atoms with Gasteiger partial charge in [-0.2, -0.15) is 0 Å². The minimum absolute atomic E-state index is 0.00360. The molecule has 0 saturated heterocycles. The third-order valence-corrected chi connectivity index (χ3v) is 3.21. The largest absolute Gasteiger partial charge is 0.478 e. The molecular formula is C14H17N3O3. The molecule has 2 aromatic rings. The summed E-state index contributed by atoms with van der Waals surface area (Å²) in [5.74, 6) is -0.154. The van der Waals surface area contributed by atoms with Crippen molar-refractivity contribution in [2.24, 2.45) is 5.92 Å². The van der Waals surface area contributed by atoms with Gasteiger partial charge in [-0.3, -0.25) is 0 Å². The molecule has 1 aromatic carbocycles. The zero-order valence-corrected chi connectivity index (χ0v) is 11.4. The Hall–Kier alpha value is -2.21. The lowest BCUT2D eigenvalue weighted by molar-refractivity contribution is 0.0697. The summed E-state index contributed by atoms with van der Waals surface area (Å²) in [6.45, 7) is 4.00. The number of hydrogen-bond donors (Lipinski definition) is 3. The highest BCUT2D eigenvalue weighted by atomic mass is 16.4. The Bertz CT molecular complexity index is 628. The molecule has 0 fully saturated rings. The molecule has 6 nitrogen and oxygen atoms in total. The van der Waals surface area contributed by atoms with Crippen LogP contribution in [0.15, 0.2) is 24.5 Å². The number of carboxylic acids is 1. The van der Waals surface area contributed by atoms with Gasteiger partial charge in [-0.15, -0.1) is 0 Å². The van der Waals surface area contributed by atoms with Crippen LogP contribution >= 0.6 is 0 Å². The first-order valence-corrected chi connectivity index (χ1v) is 6.38. The van der Waals surface area contributed by atoms with E-state index in [0.717, 1.165) is 5.39 Å². The van der Waals surface area contributed by atoms with Crippen LogP contribution in [0.25, 0.3) is 10.9 Å². The number of aliphatic hydroxyl groups is 1. The van der Waals surface area contributed by atoms with E-state index in [2.05, 4.69) is 15.3 Å². The van der Waals surface area contributed by atoms with Gasteiger partial charge in [-0.1, -0.05) is 13.8 Å². The molecule has 1 atom stereocenters. The second-order valence-corrected chi connectivity index (χ2v) is 4.94. The number of nitrogens with one attached hydrogen (secondary N) is 1. The van der Waals surface area contributed by atoms with Gasteiger partial charge in [-0.05, 0) is 24.1 Å². The standard InChI is InChI=1S/C14H17N3O3/c1-8(2)12(6-18)17-13-10-4-3-9(14(19)20)5-11(10)15-7-16-13/h3-5,7-8,12,18H,6H2,1-2H3,(H,19,20)(H,15,16,17)/t12-/m1/s1. The van der Waals surface area contributed by atoms with E-state index in [-0.39, 0.29) is 24.1 Å². The molecule has 1 aromatic heterocycles. The molecule has 0 unspecified atom stereocenters. The summed E-state index contributed by atoms with van der Waals surface area (Å²) in [4.78, 5) is 19.2. The molecule has 20 heavy (non-hydrogen) atoms. The van der Waals surface area contributed by atoms with Crippen molar-refractivity contribution >= 4 is 22.7 Å². The number of anilines is 1. The van der Waals surface area contributed by atoms with Crippen LogP contribution in [0.1, 0.15) is 24.2 Å². The highest BCUT2D eigenvalue weighted by molar-refractivity contribution is 5.96. The lowest BCUT2D eigenvalue weighted by Crippen LogP contribution is -2.30. The zero-order valence-electron chi connectivity index (χ0n) is 11.4. The summed E-state index contributed by atoms with van der Waals surface area (Å²) in [6, 6.07) is 4.58. The summed E-state index contributed by atoms with van der Waals surface area (Å²) >= 11 is 0. The van der Waals surface area contributed by atoms with Gasteiger partial charge in [0.05, 0.1) is 23.7 Å². The molecule has 3 N–H and O–H groups in total. The first-order valence-electron chi connectivity index (χ1n) is 6.38. The minimum atomic E-state index is -0.990. The Morgan fingerprint density at radius 2 is 2.10 bits per heavy atom. The summed E-state index contributed by atoms with van der Waals surface area (Å²) in [7, 11) is 0. The molecule has 0 bridgehead atoms. The molecule has 0 aliphatic rings. The molecule has 0 amide bonds. The number of aromatic nitrogens is 2. The summed E-state index contributed by atoms with van der Waals surface area (Å²) in [5, 5.41) is 22.2. The third kappa shape index (κ3) is 2.85. The maximum absolute atomic E-state index is 11.0. The lowest BCUT2D eigenvalue weighted by Gasteiger charge is -2.21. The first-order chi connectivity index (χ1) is 9.52. The van der Waals surface area contributed by atoms with Crippen LogP contribution in [0.5, 0.6) is 0 Å². The average molecular weight is 275 g/mol. The smallest absolute Gasteiger partial charge is 0.335 e. The van der Waals surface area contributed by atoms with E-state index in [1.165, 1.54) is 18.5 Å². The fourth-order valence-electron chi connectivity index (χ4n) is 1.90. The second-order valence-electron chi connectivity index (χ2n) is 4.94. The van der Waals surface area contributed by atoms with Crippen molar-refractivity contribution in [2.45, 2.75) is 19.9 Å². The Morgan fingerprint density at radius 1 is 1.35 bits per heavy atom. The quantitative estimate of drug-likeness (QED) is 0.769. The van der Waals surface area contributed by atoms with Crippen LogP contribution in [0.3, 0.4) is 0 Å². The number of aliphatic hydroxyl groups excluding tert-OH is 1. The second kappa shape index (κ2) is 5.83.